The first-order chi connectivity index (χ1) is 6.95. The van der Waals surface area contributed by atoms with Gasteiger partial charge >= 0.3 is 0 Å². The predicted molar refractivity (Wildman–Crippen MR) is 62.8 cm³/mol. The zero-order valence-electron chi connectivity index (χ0n) is 7.04. The van der Waals surface area contributed by atoms with Crippen molar-refractivity contribution >= 4 is 58.3 Å². The van der Waals surface area contributed by atoms with Crippen LogP contribution in [0.2, 0.25) is 15.1 Å². The van der Waals surface area contributed by atoms with Gasteiger partial charge < -0.3 is 0 Å². The highest BCUT2D eigenvalue weighted by Crippen LogP contribution is 2.39. The standard InChI is InChI=1S/C8H3Cl4N3/c9-3-1-2-4(6(11)5(3)10)8(14)15(12)7(2)13/h1,13-14H. The Hall–Kier alpha value is -0.480. The Morgan fingerprint density at radius 1 is 1.00 bits per heavy atom. The summed E-state index contributed by atoms with van der Waals surface area (Å²) in [6.45, 7) is 0. The predicted octanol–water partition coefficient (Wildman–Crippen LogP) is 3.77. The largest absolute Gasteiger partial charge is 0.283 e. The van der Waals surface area contributed by atoms with Gasteiger partial charge in [0, 0.05) is 22.9 Å². The molecule has 0 unspecified atom stereocenters. The summed E-state index contributed by atoms with van der Waals surface area (Å²) in [6, 6.07) is 1.48. The molecular formula is C8H3Cl4N3. The summed E-state index contributed by atoms with van der Waals surface area (Å²) in [5.41, 5.74) is 0.750. The van der Waals surface area contributed by atoms with E-state index in [4.69, 9.17) is 57.4 Å². The molecule has 0 amide bonds. The summed E-state index contributed by atoms with van der Waals surface area (Å²) in [5, 5.41) is 15.8. The molecule has 1 aromatic rings. The zero-order valence-corrected chi connectivity index (χ0v) is 10.1. The third-order valence-corrected chi connectivity index (χ3v) is 3.65. The fourth-order valence-corrected chi connectivity index (χ4v) is 2.20. The number of nitrogens with zero attached hydrogens (tertiary/aromatic N) is 1. The molecule has 0 saturated carbocycles. The molecule has 0 radical (unpaired) electrons. The fraction of sp³-hybridized carbons (Fsp3) is 0. The van der Waals surface area contributed by atoms with Crippen molar-refractivity contribution in [3.05, 3.63) is 32.3 Å². The highest BCUT2D eigenvalue weighted by Gasteiger charge is 2.33. The van der Waals surface area contributed by atoms with Gasteiger partial charge in [-0.15, -0.1) is 0 Å². The molecular weight excluding hydrogens is 280 g/mol. The smallest absolute Gasteiger partial charge is 0.151 e. The van der Waals surface area contributed by atoms with E-state index >= 15 is 0 Å². The summed E-state index contributed by atoms with van der Waals surface area (Å²) in [5.74, 6) is -0.0997. The average Bonchev–Trinajstić information content (AvgIpc) is 2.40. The van der Waals surface area contributed by atoms with E-state index in [9.17, 15) is 0 Å². The van der Waals surface area contributed by atoms with Gasteiger partial charge in [0.15, 0.2) is 5.84 Å². The van der Waals surface area contributed by atoms with Crippen LogP contribution in [0.4, 0.5) is 0 Å². The number of nitrogens with one attached hydrogen (secondary N) is 2. The van der Waals surface area contributed by atoms with Crippen molar-refractivity contribution in [3.63, 3.8) is 0 Å². The Bertz CT molecular complexity index is 497. The first kappa shape index (κ1) is 11.0. The topological polar surface area (TPSA) is 50.9 Å². The molecule has 1 aromatic carbocycles. The maximum absolute atomic E-state index is 7.64. The maximum atomic E-state index is 7.64. The van der Waals surface area contributed by atoms with Crippen molar-refractivity contribution in [2.45, 2.75) is 0 Å². The third kappa shape index (κ3) is 1.42. The minimum atomic E-state index is -0.0692. The van der Waals surface area contributed by atoms with Gasteiger partial charge in [-0.3, -0.25) is 10.8 Å². The molecule has 1 aliphatic heterocycles. The molecule has 2 N–H and O–H groups in total. The molecule has 0 spiro atoms. The van der Waals surface area contributed by atoms with E-state index in [0.717, 1.165) is 4.42 Å². The number of amidine groups is 2. The molecule has 0 fully saturated rings. The summed E-state index contributed by atoms with van der Waals surface area (Å²) >= 11 is 23.3. The summed E-state index contributed by atoms with van der Waals surface area (Å²) < 4.78 is 0.892. The summed E-state index contributed by atoms with van der Waals surface area (Å²) in [7, 11) is 0. The highest BCUT2D eigenvalue weighted by atomic mass is 35.5. The Morgan fingerprint density at radius 2 is 1.60 bits per heavy atom. The van der Waals surface area contributed by atoms with Crippen LogP contribution in [-0.2, 0) is 0 Å². The lowest BCUT2D eigenvalue weighted by Gasteiger charge is -2.05. The van der Waals surface area contributed by atoms with E-state index in [2.05, 4.69) is 0 Å². The van der Waals surface area contributed by atoms with E-state index in [1.807, 2.05) is 0 Å². The van der Waals surface area contributed by atoms with Gasteiger partial charge in [0.05, 0.1) is 15.1 Å². The zero-order chi connectivity index (χ0) is 11.3. The molecule has 0 atom stereocenters. The van der Waals surface area contributed by atoms with Crippen LogP contribution in [0.25, 0.3) is 0 Å². The molecule has 78 valence electrons. The average molecular weight is 283 g/mol. The van der Waals surface area contributed by atoms with E-state index in [1.54, 1.807) is 0 Å². The van der Waals surface area contributed by atoms with Gasteiger partial charge in [0.2, 0.25) is 0 Å². The molecule has 2 rings (SSSR count). The number of halogens is 4. The Labute approximate surface area is 106 Å². The number of hydrogen-bond donors (Lipinski definition) is 2. The van der Waals surface area contributed by atoms with Crippen molar-refractivity contribution in [2.75, 3.05) is 0 Å². The molecule has 0 aromatic heterocycles. The van der Waals surface area contributed by atoms with Gasteiger partial charge in [-0.1, -0.05) is 34.8 Å². The maximum Gasteiger partial charge on any atom is 0.151 e. The van der Waals surface area contributed by atoms with Crippen molar-refractivity contribution < 1.29 is 0 Å². The van der Waals surface area contributed by atoms with Gasteiger partial charge in [0.1, 0.15) is 5.84 Å². The number of rotatable bonds is 0. The second-order valence-corrected chi connectivity index (χ2v) is 4.39. The number of benzene rings is 1. The van der Waals surface area contributed by atoms with E-state index < -0.39 is 0 Å². The highest BCUT2D eigenvalue weighted by molar-refractivity contribution is 6.52. The molecule has 15 heavy (non-hydrogen) atoms. The van der Waals surface area contributed by atoms with Crippen LogP contribution in [0.3, 0.4) is 0 Å². The summed E-state index contributed by atoms with van der Waals surface area (Å²) in [4.78, 5) is 0. The van der Waals surface area contributed by atoms with Crippen molar-refractivity contribution in [2.24, 2.45) is 0 Å². The van der Waals surface area contributed by atoms with Crippen molar-refractivity contribution in [1.29, 1.82) is 10.8 Å². The first-order valence-electron chi connectivity index (χ1n) is 3.76. The molecule has 1 heterocycles. The van der Waals surface area contributed by atoms with Crippen LogP contribution in [0.5, 0.6) is 0 Å². The van der Waals surface area contributed by atoms with Gasteiger partial charge in [-0.05, 0) is 6.07 Å². The lowest BCUT2D eigenvalue weighted by molar-refractivity contribution is 0.980. The molecule has 7 heteroatoms. The Morgan fingerprint density at radius 3 is 2.20 bits per heavy atom. The van der Waals surface area contributed by atoms with Crippen LogP contribution in [0, 0.1) is 10.8 Å². The van der Waals surface area contributed by atoms with Crippen LogP contribution in [0.1, 0.15) is 11.1 Å². The Kier molecular flexibility index (Phi) is 2.59. The third-order valence-electron chi connectivity index (χ3n) is 2.05. The van der Waals surface area contributed by atoms with Crippen molar-refractivity contribution in [3.8, 4) is 0 Å². The molecule has 3 nitrogen and oxygen atoms in total. The second kappa shape index (κ2) is 3.52. The van der Waals surface area contributed by atoms with Gasteiger partial charge in [-0.25, -0.2) is 4.42 Å². The van der Waals surface area contributed by atoms with Crippen LogP contribution in [-0.4, -0.2) is 16.1 Å². The Balaban J connectivity index is 2.81. The molecule has 0 saturated heterocycles. The van der Waals surface area contributed by atoms with Gasteiger partial charge in [-0.2, -0.15) is 0 Å². The van der Waals surface area contributed by atoms with E-state index in [-0.39, 0.29) is 26.7 Å². The van der Waals surface area contributed by atoms with E-state index in [1.165, 1.54) is 6.07 Å². The van der Waals surface area contributed by atoms with Crippen LogP contribution >= 0.6 is 46.6 Å². The summed E-state index contributed by atoms with van der Waals surface area (Å²) in [6.07, 6.45) is 0. The monoisotopic (exact) mass is 281 g/mol. The molecule has 1 aliphatic rings. The molecule has 0 bridgehead atoms. The molecule has 0 aliphatic carbocycles. The lowest BCUT2D eigenvalue weighted by atomic mass is 10.1. The number of hydrogen-bond acceptors (Lipinski definition) is 2. The minimum Gasteiger partial charge on any atom is -0.283 e. The second-order valence-electron chi connectivity index (χ2n) is 2.89. The van der Waals surface area contributed by atoms with E-state index in [0.29, 0.717) is 11.1 Å². The van der Waals surface area contributed by atoms with Gasteiger partial charge in [0.25, 0.3) is 0 Å². The van der Waals surface area contributed by atoms with Crippen molar-refractivity contribution in [1.82, 2.24) is 4.42 Å². The van der Waals surface area contributed by atoms with Crippen LogP contribution in [0.15, 0.2) is 6.07 Å². The normalized spacial score (nSPS) is 14.8. The lowest BCUT2D eigenvalue weighted by Crippen LogP contribution is -2.18. The quantitative estimate of drug-likeness (QED) is 0.552. The SMILES string of the molecule is N=C1c2cc(Cl)c(Cl)c(Cl)c2C(=N)N1Cl. The minimum absolute atomic E-state index is 0.0304. The van der Waals surface area contributed by atoms with Crippen LogP contribution < -0.4 is 0 Å². The first-order valence-corrected chi connectivity index (χ1v) is 5.23. The fourth-order valence-electron chi connectivity index (χ4n) is 1.33. The number of fused-ring (bicyclic) bond motifs is 1.